The molecule has 1 rings (SSSR count). The van der Waals surface area contributed by atoms with E-state index < -0.39 is 5.54 Å². The fourth-order valence-corrected chi connectivity index (χ4v) is 1.31. The second-order valence-electron chi connectivity index (χ2n) is 4.40. The number of nitrogens with zero attached hydrogens (tertiary/aromatic N) is 1. The van der Waals surface area contributed by atoms with Crippen molar-refractivity contribution in [2.45, 2.75) is 32.4 Å². The maximum atomic E-state index is 12.0. The maximum Gasteiger partial charge on any atom is 0.192 e. The lowest BCUT2D eigenvalue weighted by atomic mass is 9.99. The molecule has 0 saturated carbocycles. The molecule has 0 saturated heterocycles. The fraction of sp³-hybridized carbons (Fsp3) is 0.462. The molecule has 1 unspecified atom stereocenters. The molecular formula is C13H19NO2. The second kappa shape index (κ2) is 5.12. The molecule has 0 aliphatic carbocycles. The van der Waals surface area contributed by atoms with Gasteiger partial charge in [-0.2, -0.15) is 0 Å². The minimum Gasteiger partial charge on any atom is -0.623 e. The summed E-state index contributed by atoms with van der Waals surface area (Å²) < 4.78 is 6.17. The monoisotopic (exact) mass is 221 g/mol. The van der Waals surface area contributed by atoms with Gasteiger partial charge in [0.05, 0.1) is 0 Å². The van der Waals surface area contributed by atoms with Gasteiger partial charge in [0.2, 0.25) is 0 Å². The van der Waals surface area contributed by atoms with Gasteiger partial charge in [-0.15, -0.1) is 0 Å². The predicted octanol–water partition coefficient (Wildman–Crippen LogP) is 2.43. The van der Waals surface area contributed by atoms with Gasteiger partial charge in [-0.25, -0.2) is 4.74 Å². The van der Waals surface area contributed by atoms with Crippen LogP contribution in [0.25, 0.3) is 0 Å². The Morgan fingerprint density at radius 3 is 2.38 bits per heavy atom. The van der Waals surface area contributed by atoms with E-state index >= 15 is 0 Å². The van der Waals surface area contributed by atoms with Crippen LogP contribution in [0.4, 0.5) is 0 Å². The van der Waals surface area contributed by atoms with Gasteiger partial charge in [-0.05, 0) is 19.1 Å². The third-order valence-corrected chi connectivity index (χ3v) is 2.98. The molecule has 16 heavy (non-hydrogen) atoms. The number of methoxy groups -OCH3 is 1. The lowest BCUT2D eigenvalue weighted by molar-refractivity contribution is -0.549. The predicted molar refractivity (Wildman–Crippen MR) is 65.8 cm³/mol. The zero-order chi connectivity index (χ0) is 12.2. The number of rotatable bonds is 4. The minimum absolute atomic E-state index is 0.134. The quantitative estimate of drug-likeness (QED) is 0.339. The summed E-state index contributed by atoms with van der Waals surface area (Å²) in [7, 11) is 1.61. The van der Waals surface area contributed by atoms with Crippen molar-refractivity contribution in [2.24, 2.45) is 0 Å². The lowest BCUT2D eigenvalue weighted by Gasteiger charge is -2.28. The Balaban J connectivity index is 2.93. The normalized spacial score (nSPS) is 14.9. The van der Waals surface area contributed by atoms with Gasteiger partial charge in [0.25, 0.3) is 0 Å². The van der Waals surface area contributed by atoms with E-state index in [2.05, 4.69) is 0 Å². The molecule has 0 radical (unpaired) electrons. The van der Waals surface area contributed by atoms with E-state index in [4.69, 9.17) is 4.74 Å². The summed E-state index contributed by atoms with van der Waals surface area (Å²) >= 11 is 0. The molecule has 0 aliphatic rings. The Hall–Kier alpha value is -1.35. The van der Waals surface area contributed by atoms with Crippen LogP contribution in [0.15, 0.2) is 30.3 Å². The Morgan fingerprint density at radius 2 is 1.88 bits per heavy atom. The van der Waals surface area contributed by atoms with E-state index in [1.54, 1.807) is 13.3 Å². The van der Waals surface area contributed by atoms with Gasteiger partial charge < -0.3 is 9.94 Å². The van der Waals surface area contributed by atoms with Gasteiger partial charge in [-0.1, -0.05) is 18.2 Å². The maximum absolute atomic E-state index is 12.0. The summed E-state index contributed by atoms with van der Waals surface area (Å²) in [6.07, 6.45) is 1.46. The van der Waals surface area contributed by atoms with Crippen LogP contribution in [0.5, 0.6) is 0 Å². The van der Waals surface area contributed by atoms with Crippen LogP contribution >= 0.6 is 0 Å². The van der Waals surface area contributed by atoms with Gasteiger partial charge in [0.1, 0.15) is 6.10 Å². The van der Waals surface area contributed by atoms with Crippen LogP contribution in [0.1, 0.15) is 26.3 Å². The third kappa shape index (κ3) is 2.83. The molecule has 0 aliphatic heterocycles. The van der Waals surface area contributed by atoms with Gasteiger partial charge >= 0.3 is 0 Å². The first kappa shape index (κ1) is 12.7. The molecule has 0 fully saturated rings. The molecule has 0 bridgehead atoms. The zero-order valence-electron chi connectivity index (χ0n) is 10.3. The zero-order valence-corrected chi connectivity index (χ0v) is 10.3. The highest BCUT2D eigenvalue weighted by Crippen LogP contribution is 2.16. The van der Waals surface area contributed by atoms with Crippen LogP contribution < -0.4 is 0 Å². The summed E-state index contributed by atoms with van der Waals surface area (Å²) in [5, 5.41) is 12.0. The Kier molecular flexibility index (Phi) is 4.07. The summed E-state index contributed by atoms with van der Waals surface area (Å²) in [5.74, 6) is 0. The highest BCUT2D eigenvalue weighted by molar-refractivity contribution is 5.75. The average molecular weight is 221 g/mol. The van der Waals surface area contributed by atoms with Gasteiger partial charge in [0, 0.05) is 26.5 Å². The van der Waals surface area contributed by atoms with Crippen molar-refractivity contribution in [3.8, 4) is 0 Å². The minimum atomic E-state index is -0.579. The van der Waals surface area contributed by atoms with E-state index in [0.717, 1.165) is 10.3 Å². The number of hydroxylamine groups is 1. The van der Waals surface area contributed by atoms with Crippen LogP contribution in [0, 0.1) is 5.21 Å². The number of ether oxygens (including phenoxy) is 1. The molecule has 3 nitrogen and oxygen atoms in total. The van der Waals surface area contributed by atoms with Crippen LogP contribution in [0.2, 0.25) is 0 Å². The largest absolute Gasteiger partial charge is 0.623 e. The number of hydrogen-bond acceptors (Lipinski definition) is 2. The molecule has 1 aromatic carbocycles. The van der Waals surface area contributed by atoms with Gasteiger partial charge in [0.15, 0.2) is 11.8 Å². The molecule has 0 N–H and O–H groups in total. The van der Waals surface area contributed by atoms with E-state index in [-0.39, 0.29) is 6.10 Å². The van der Waals surface area contributed by atoms with Crippen molar-refractivity contribution in [3.63, 3.8) is 0 Å². The Morgan fingerprint density at radius 1 is 1.31 bits per heavy atom. The molecule has 88 valence electrons. The van der Waals surface area contributed by atoms with Gasteiger partial charge in [-0.3, -0.25) is 0 Å². The van der Waals surface area contributed by atoms with Crippen LogP contribution in [-0.2, 0) is 4.74 Å². The first-order chi connectivity index (χ1) is 7.48. The molecule has 1 atom stereocenters. The molecule has 0 spiro atoms. The molecule has 0 heterocycles. The first-order valence-electron chi connectivity index (χ1n) is 5.37. The van der Waals surface area contributed by atoms with E-state index in [0.29, 0.717) is 0 Å². The van der Waals surface area contributed by atoms with Crippen molar-refractivity contribution >= 4 is 6.21 Å². The fourth-order valence-electron chi connectivity index (χ4n) is 1.31. The standard InChI is InChI=1S/C13H19NO2/c1-11(16-4)13(2,3)14(15)10-12-8-6-5-7-9-12/h5-11H,1-4H3. The first-order valence-corrected chi connectivity index (χ1v) is 5.37. The van der Waals surface area contributed by atoms with E-state index in [9.17, 15) is 5.21 Å². The van der Waals surface area contributed by atoms with Crippen molar-refractivity contribution in [1.82, 2.24) is 0 Å². The van der Waals surface area contributed by atoms with Crippen molar-refractivity contribution in [1.29, 1.82) is 0 Å². The molecule has 1 aromatic rings. The smallest absolute Gasteiger partial charge is 0.192 e. The molecule has 3 heteroatoms. The highest BCUT2D eigenvalue weighted by Gasteiger charge is 2.34. The number of hydrogen-bond donors (Lipinski definition) is 0. The second-order valence-corrected chi connectivity index (χ2v) is 4.40. The molecule has 0 amide bonds. The van der Waals surface area contributed by atoms with Crippen LogP contribution in [0.3, 0.4) is 0 Å². The van der Waals surface area contributed by atoms with Crippen molar-refractivity contribution in [3.05, 3.63) is 41.1 Å². The highest BCUT2D eigenvalue weighted by atomic mass is 16.5. The molecule has 0 aromatic heterocycles. The summed E-state index contributed by atoms with van der Waals surface area (Å²) in [4.78, 5) is 0. The summed E-state index contributed by atoms with van der Waals surface area (Å²) in [6.45, 7) is 5.63. The third-order valence-electron chi connectivity index (χ3n) is 2.98. The van der Waals surface area contributed by atoms with Crippen molar-refractivity contribution in [2.75, 3.05) is 7.11 Å². The van der Waals surface area contributed by atoms with Crippen LogP contribution in [-0.4, -0.2) is 29.7 Å². The van der Waals surface area contributed by atoms with E-state index in [1.165, 1.54) is 0 Å². The Bertz CT molecular complexity index is 357. The topological polar surface area (TPSA) is 35.3 Å². The average Bonchev–Trinajstić information content (AvgIpc) is 2.29. The lowest BCUT2D eigenvalue weighted by Crippen LogP contribution is -2.44. The summed E-state index contributed by atoms with van der Waals surface area (Å²) in [6, 6.07) is 9.55. The SMILES string of the molecule is COC(C)C(C)(C)[N+]([O-])=Cc1ccccc1. The van der Waals surface area contributed by atoms with E-state index in [1.807, 2.05) is 51.1 Å². The molecular weight excluding hydrogens is 202 g/mol. The Labute approximate surface area is 97.0 Å². The summed E-state index contributed by atoms with van der Waals surface area (Å²) in [5.41, 5.74) is 0.318. The number of benzene rings is 1. The van der Waals surface area contributed by atoms with Crippen molar-refractivity contribution < 1.29 is 9.48 Å².